The molecular weight excluding hydrogens is 256 g/mol. The Morgan fingerprint density at radius 1 is 1.35 bits per heavy atom. The molecule has 0 spiro atoms. The van der Waals surface area contributed by atoms with Gasteiger partial charge in [-0.2, -0.15) is 0 Å². The highest BCUT2D eigenvalue weighted by molar-refractivity contribution is 5.88. The van der Waals surface area contributed by atoms with Crippen LogP contribution in [-0.4, -0.2) is 31.6 Å². The molecule has 20 heavy (non-hydrogen) atoms. The van der Waals surface area contributed by atoms with Gasteiger partial charge in [0.05, 0.1) is 6.61 Å². The number of carbonyl (C=O) groups is 2. The summed E-state index contributed by atoms with van der Waals surface area (Å²) in [5.74, 6) is -0.392. The molecule has 0 amide bonds. The number of carbonyl (C=O) groups excluding carboxylic acids is 2. The Labute approximate surface area is 122 Å². The Hall–Kier alpha value is -1.42. The van der Waals surface area contributed by atoms with Gasteiger partial charge in [0.2, 0.25) is 0 Å². The van der Waals surface area contributed by atoms with Crippen LogP contribution in [0.5, 0.6) is 0 Å². The van der Waals surface area contributed by atoms with E-state index in [1.165, 1.54) is 6.08 Å². The average molecular weight is 284 g/mol. The Balaban J connectivity index is 0. The van der Waals surface area contributed by atoms with Gasteiger partial charge in [0.1, 0.15) is 11.9 Å². The van der Waals surface area contributed by atoms with Crippen LogP contribution in [0.1, 0.15) is 41.0 Å². The molecule has 0 saturated heterocycles. The molecule has 0 saturated carbocycles. The molecule has 0 heterocycles. The number of allylic oxidation sites excluding steroid dienone is 1. The van der Waals surface area contributed by atoms with Gasteiger partial charge in [0, 0.05) is 31.4 Å². The molecule has 0 aromatic heterocycles. The van der Waals surface area contributed by atoms with Crippen LogP contribution in [-0.2, 0) is 19.1 Å². The number of rotatable bonds is 9. The van der Waals surface area contributed by atoms with Gasteiger partial charge >= 0.3 is 5.97 Å². The number of methoxy groups -OCH3 is 1. The van der Waals surface area contributed by atoms with E-state index in [1.807, 2.05) is 0 Å². The van der Waals surface area contributed by atoms with Crippen LogP contribution >= 0.6 is 0 Å². The van der Waals surface area contributed by atoms with Crippen molar-refractivity contribution in [1.82, 2.24) is 0 Å². The summed E-state index contributed by atoms with van der Waals surface area (Å²) >= 11 is 0. The van der Waals surface area contributed by atoms with E-state index < -0.39 is 11.4 Å². The molecule has 4 heteroatoms. The second kappa shape index (κ2) is 10.4. The van der Waals surface area contributed by atoms with Gasteiger partial charge in [0.25, 0.3) is 0 Å². The summed E-state index contributed by atoms with van der Waals surface area (Å²) in [5.41, 5.74) is -0.650. The third-order valence-electron chi connectivity index (χ3n) is 2.74. The molecule has 0 radical (unpaired) electrons. The van der Waals surface area contributed by atoms with Crippen LogP contribution in [0.3, 0.4) is 0 Å². The maximum Gasteiger partial charge on any atom is 0.330 e. The van der Waals surface area contributed by atoms with Gasteiger partial charge in [-0.3, -0.25) is 4.79 Å². The lowest BCUT2D eigenvalue weighted by molar-refractivity contribution is -0.145. The minimum atomic E-state index is -0.650. The molecule has 0 rings (SSSR count). The fourth-order valence-corrected chi connectivity index (χ4v) is 1.55. The summed E-state index contributed by atoms with van der Waals surface area (Å²) in [6.45, 7) is 9.28. The first kappa shape index (κ1) is 20.9. The smallest absolute Gasteiger partial charge is 0.330 e. The third kappa shape index (κ3) is 7.89. The van der Waals surface area contributed by atoms with Crippen molar-refractivity contribution < 1.29 is 19.1 Å². The molecular formula is C16H28O4. The van der Waals surface area contributed by atoms with E-state index in [-0.39, 0.29) is 19.3 Å². The molecule has 0 aliphatic rings. The predicted octanol–water partition coefficient (Wildman–Crippen LogP) is 3.32. The van der Waals surface area contributed by atoms with Crippen molar-refractivity contribution in [3.8, 4) is 0 Å². The molecule has 4 nitrogen and oxygen atoms in total. The van der Waals surface area contributed by atoms with E-state index in [4.69, 9.17) is 9.47 Å². The van der Waals surface area contributed by atoms with Gasteiger partial charge in [-0.25, -0.2) is 4.79 Å². The highest BCUT2D eigenvalue weighted by Crippen LogP contribution is 2.20. The SMILES string of the molecule is C.C=CCC(COC)OC(=O)/C=C/C(C)(C)C(=O)CC. The highest BCUT2D eigenvalue weighted by atomic mass is 16.6. The number of Topliss-reactive ketones (excluding diaryl/α,β-unsaturated/α-hetero) is 1. The first-order valence-corrected chi connectivity index (χ1v) is 6.40. The van der Waals surface area contributed by atoms with Gasteiger partial charge in [-0.05, 0) is 13.8 Å². The van der Waals surface area contributed by atoms with E-state index in [2.05, 4.69) is 6.58 Å². The van der Waals surface area contributed by atoms with Crippen LogP contribution in [0.2, 0.25) is 0 Å². The molecule has 0 aliphatic heterocycles. The van der Waals surface area contributed by atoms with E-state index in [9.17, 15) is 9.59 Å². The minimum Gasteiger partial charge on any atom is -0.456 e. The molecule has 1 unspecified atom stereocenters. The molecule has 0 fully saturated rings. The fraction of sp³-hybridized carbons (Fsp3) is 0.625. The quantitative estimate of drug-likeness (QED) is 0.370. The first-order valence-electron chi connectivity index (χ1n) is 6.40. The number of ketones is 1. The Morgan fingerprint density at radius 2 is 1.95 bits per heavy atom. The van der Waals surface area contributed by atoms with E-state index >= 15 is 0 Å². The van der Waals surface area contributed by atoms with Crippen molar-refractivity contribution in [3.63, 3.8) is 0 Å². The highest BCUT2D eigenvalue weighted by Gasteiger charge is 2.23. The van der Waals surface area contributed by atoms with E-state index in [1.54, 1.807) is 40.0 Å². The van der Waals surface area contributed by atoms with Crippen molar-refractivity contribution in [1.29, 1.82) is 0 Å². The maximum absolute atomic E-state index is 11.7. The van der Waals surface area contributed by atoms with Crippen molar-refractivity contribution in [2.75, 3.05) is 13.7 Å². The summed E-state index contributed by atoms with van der Waals surface area (Å²) < 4.78 is 10.2. The number of hydrogen-bond donors (Lipinski definition) is 0. The minimum absolute atomic E-state index is 0. The standard InChI is InChI=1S/C15H24O4.CH4/c1-6-8-12(11-18-5)19-14(17)9-10-15(3,4)13(16)7-2;/h6,9-10,12H,1,7-8,11H2,2-5H3;1H4/b10-9+;. The summed E-state index contributed by atoms with van der Waals surface area (Å²) in [7, 11) is 1.54. The molecule has 0 aromatic carbocycles. The molecule has 1 atom stereocenters. The zero-order valence-electron chi connectivity index (χ0n) is 12.3. The topological polar surface area (TPSA) is 52.6 Å². The second-order valence-corrected chi connectivity index (χ2v) is 4.87. The van der Waals surface area contributed by atoms with Crippen molar-refractivity contribution in [3.05, 3.63) is 24.8 Å². The zero-order chi connectivity index (χ0) is 14.9. The lowest BCUT2D eigenvalue weighted by Crippen LogP contribution is -2.23. The van der Waals surface area contributed by atoms with Crippen LogP contribution in [0.4, 0.5) is 0 Å². The summed E-state index contributed by atoms with van der Waals surface area (Å²) in [6, 6.07) is 0. The van der Waals surface area contributed by atoms with Gasteiger partial charge < -0.3 is 9.47 Å². The second-order valence-electron chi connectivity index (χ2n) is 4.87. The Bertz CT molecular complexity index is 342. The lowest BCUT2D eigenvalue weighted by atomic mass is 9.86. The van der Waals surface area contributed by atoms with Gasteiger partial charge in [-0.1, -0.05) is 26.5 Å². The summed E-state index contributed by atoms with van der Waals surface area (Å²) in [5, 5.41) is 0. The molecule has 0 aromatic rings. The number of hydrogen-bond acceptors (Lipinski definition) is 4. The summed E-state index contributed by atoms with van der Waals surface area (Å²) in [6.07, 6.45) is 5.19. The third-order valence-corrected chi connectivity index (χ3v) is 2.74. The van der Waals surface area contributed by atoms with Gasteiger partial charge in [-0.15, -0.1) is 6.58 Å². The Morgan fingerprint density at radius 3 is 2.40 bits per heavy atom. The predicted molar refractivity (Wildman–Crippen MR) is 81.5 cm³/mol. The van der Waals surface area contributed by atoms with Crippen molar-refractivity contribution >= 4 is 11.8 Å². The maximum atomic E-state index is 11.7. The molecule has 116 valence electrons. The van der Waals surface area contributed by atoms with Crippen LogP contribution in [0, 0.1) is 5.41 Å². The molecule has 0 N–H and O–H groups in total. The monoisotopic (exact) mass is 284 g/mol. The number of esters is 1. The van der Waals surface area contributed by atoms with Crippen LogP contribution in [0.25, 0.3) is 0 Å². The summed E-state index contributed by atoms with van der Waals surface area (Å²) in [4.78, 5) is 23.3. The average Bonchev–Trinajstić information content (AvgIpc) is 2.36. The van der Waals surface area contributed by atoms with Crippen LogP contribution in [0.15, 0.2) is 24.8 Å². The largest absolute Gasteiger partial charge is 0.456 e. The van der Waals surface area contributed by atoms with E-state index in [0.717, 1.165) is 0 Å². The first-order chi connectivity index (χ1) is 8.87. The van der Waals surface area contributed by atoms with Crippen molar-refractivity contribution in [2.45, 2.75) is 47.1 Å². The van der Waals surface area contributed by atoms with Gasteiger partial charge in [0.15, 0.2) is 0 Å². The van der Waals surface area contributed by atoms with Crippen molar-refractivity contribution in [2.24, 2.45) is 5.41 Å². The molecule has 0 aliphatic carbocycles. The fourth-order valence-electron chi connectivity index (χ4n) is 1.55. The Kier molecular flexibility index (Phi) is 10.8. The molecule has 0 bridgehead atoms. The normalized spacial score (nSPS) is 12.6. The zero-order valence-corrected chi connectivity index (χ0v) is 12.3. The van der Waals surface area contributed by atoms with E-state index in [0.29, 0.717) is 19.4 Å². The van der Waals surface area contributed by atoms with Crippen LogP contribution < -0.4 is 0 Å². The lowest BCUT2D eigenvalue weighted by Gasteiger charge is -2.18. The number of ether oxygens (including phenoxy) is 2.